The van der Waals surface area contributed by atoms with Crippen LogP contribution in [0.4, 0.5) is 0 Å². The number of hydrogen-bond acceptors (Lipinski definition) is 4. The Bertz CT molecular complexity index is 285. The molecule has 1 aromatic heterocycles. The highest BCUT2D eigenvalue weighted by Gasteiger charge is 2.21. The molecular formula is C12H19NO2S. The van der Waals surface area contributed by atoms with Gasteiger partial charge in [0, 0.05) is 24.6 Å². The molecule has 1 saturated carbocycles. The van der Waals surface area contributed by atoms with Crippen molar-refractivity contribution in [3.8, 4) is 0 Å². The quantitative estimate of drug-likeness (QED) is 0.727. The Kier molecular flexibility index (Phi) is 4.78. The molecule has 0 aromatic carbocycles. The van der Waals surface area contributed by atoms with Gasteiger partial charge in [-0.15, -0.1) is 11.3 Å². The fourth-order valence-electron chi connectivity index (χ4n) is 1.49. The molecule has 1 aromatic rings. The van der Waals surface area contributed by atoms with E-state index in [-0.39, 0.29) is 0 Å². The lowest BCUT2D eigenvalue weighted by Crippen LogP contribution is -2.30. The van der Waals surface area contributed by atoms with Crippen LogP contribution in [0.25, 0.3) is 0 Å². The van der Waals surface area contributed by atoms with Gasteiger partial charge in [-0.1, -0.05) is 6.07 Å². The number of nitrogens with one attached hydrogen (secondary N) is 1. The summed E-state index contributed by atoms with van der Waals surface area (Å²) in [5.41, 5.74) is 0. The molecule has 0 amide bonds. The number of aliphatic hydroxyl groups excluding tert-OH is 1. The molecular weight excluding hydrogens is 222 g/mol. The Balaban J connectivity index is 1.48. The van der Waals surface area contributed by atoms with E-state index in [1.807, 2.05) is 6.07 Å². The van der Waals surface area contributed by atoms with Crippen LogP contribution in [0, 0.1) is 5.92 Å². The van der Waals surface area contributed by atoms with Crippen molar-refractivity contribution < 1.29 is 9.84 Å². The first-order valence-corrected chi connectivity index (χ1v) is 6.71. The molecule has 0 bridgehead atoms. The highest BCUT2D eigenvalue weighted by Crippen LogP contribution is 2.28. The van der Waals surface area contributed by atoms with Gasteiger partial charge in [-0.05, 0) is 30.2 Å². The summed E-state index contributed by atoms with van der Waals surface area (Å²) >= 11 is 1.73. The molecule has 0 radical (unpaired) electrons. The molecule has 0 aliphatic heterocycles. The Hall–Kier alpha value is -0.420. The molecule has 1 atom stereocenters. The zero-order chi connectivity index (χ0) is 11.2. The van der Waals surface area contributed by atoms with Crippen LogP contribution in [0.5, 0.6) is 0 Å². The second kappa shape index (κ2) is 6.35. The van der Waals surface area contributed by atoms with Gasteiger partial charge in [0.2, 0.25) is 0 Å². The lowest BCUT2D eigenvalue weighted by Gasteiger charge is -2.11. The standard InChI is InChI=1S/C12H19NO2S/c14-11(9-15-8-10-3-4-10)6-13-7-12-2-1-5-16-12/h1-2,5,10-11,13-14H,3-4,6-9H2. The third-order valence-electron chi connectivity index (χ3n) is 2.62. The van der Waals surface area contributed by atoms with Gasteiger partial charge in [0.05, 0.1) is 12.7 Å². The molecule has 1 aliphatic carbocycles. The number of thiophene rings is 1. The maximum Gasteiger partial charge on any atom is 0.0897 e. The van der Waals surface area contributed by atoms with E-state index in [2.05, 4.69) is 16.8 Å². The maximum absolute atomic E-state index is 9.63. The van der Waals surface area contributed by atoms with Crippen molar-refractivity contribution >= 4 is 11.3 Å². The molecule has 4 heteroatoms. The largest absolute Gasteiger partial charge is 0.389 e. The average Bonchev–Trinajstić information content (AvgIpc) is 2.94. The second-order valence-electron chi connectivity index (χ2n) is 4.34. The summed E-state index contributed by atoms with van der Waals surface area (Å²) in [5, 5.41) is 14.9. The predicted octanol–water partition coefficient (Wildman–Crippen LogP) is 1.63. The van der Waals surface area contributed by atoms with E-state index in [1.165, 1.54) is 17.7 Å². The normalized spacial score (nSPS) is 17.6. The van der Waals surface area contributed by atoms with Gasteiger partial charge < -0.3 is 15.2 Å². The fraction of sp³-hybridized carbons (Fsp3) is 0.667. The van der Waals surface area contributed by atoms with Gasteiger partial charge >= 0.3 is 0 Å². The molecule has 2 N–H and O–H groups in total. The average molecular weight is 241 g/mol. The van der Waals surface area contributed by atoms with Crippen molar-refractivity contribution in [1.82, 2.24) is 5.32 Å². The smallest absolute Gasteiger partial charge is 0.0897 e. The number of rotatable bonds is 8. The Morgan fingerprint density at radius 2 is 2.44 bits per heavy atom. The van der Waals surface area contributed by atoms with Gasteiger partial charge in [-0.25, -0.2) is 0 Å². The number of ether oxygens (including phenoxy) is 1. The Morgan fingerprint density at radius 3 is 3.12 bits per heavy atom. The second-order valence-corrected chi connectivity index (χ2v) is 5.38. The third-order valence-corrected chi connectivity index (χ3v) is 3.50. The summed E-state index contributed by atoms with van der Waals surface area (Å²) < 4.78 is 5.42. The van der Waals surface area contributed by atoms with E-state index < -0.39 is 6.10 Å². The minimum Gasteiger partial charge on any atom is -0.389 e. The van der Waals surface area contributed by atoms with Crippen LogP contribution in [0.15, 0.2) is 17.5 Å². The molecule has 0 spiro atoms. The van der Waals surface area contributed by atoms with Gasteiger partial charge in [0.1, 0.15) is 0 Å². The van der Waals surface area contributed by atoms with Crippen LogP contribution < -0.4 is 5.32 Å². The van der Waals surface area contributed by atoms with Crippen LogP contribution in [0.3, 0.4) is 0 Å². The molecule has 90 valence electrons. The van der Waals surface area contributed by atoms with Gasteiger partial charge in [0.25, 0.3) is 0 Å². The van der Waals surface area contributed by atoms with Crippen molar-refractivity contribution in [1.29, 1.82) is 0 Å². The van der Waals surface area contributed by atoms with Crippen molar-refractivity contribution in [2.24, 2.45) is 5.92 Å². The van der Waals surface area contributed by atoms with Gasteiger partial charge in [0.15, 0.2) is 0 Å². The molecule has 1 fully saturated rings. The molecule has 16 heavy (non-hydrogen) atoms. The lowest BCUT2D eigenvalue weighted by molar-refractivity contribution is 0.0324. The van der Waals surface area contributed by atoms with E-state index in [0.717, 1.165) is 19.1 Å². The topological polar surface area (TPSA) is 41.5 Å². The van der Waals surface area contributed by atoms with Gasteiger partial charge in [-0.2, -0.15) is 0 Å². The highest BCUT2D eigenvalue weighted by atomic mass is 32.1. The molecule has 0 saturated heterocycles. The maximum atomic E-state index is 9.63. The first-order valence-electron chi connectivity index (χ1n) is 5.83. The van der Waals surface area contributed by atoms with Crippen molar-refractivity contribution in [2.75, 3.05) is 19.8 Å². The molecule has 1 unspecified atom stereocenters. The van der Waals surface area contributed by atoms with Crippen LogP contribution in [-0.2, 0) is 11.3 Å². The SMILES string of the molecule is OC(CNCc1cccs1)COCC1CC1. The summed E-state index contributed by atoms with van der Waals surface area (Å²) in [6, 6.07) is 4.13. The van der Waals surface area contributed by atoms with E-state index in [1.54, 1.807) is 11.3 Å². The van der Waals surface area contributed by atoms with Crippen LogP contribution in [0.1, 0.15) is 17.7 Å². The first-order chi connectivity index (χ1) is 7.84. The zero-order valence-electron chi connectivity index (χ0n) is 9.39. The Morgan fingerprint density at radius 1 is 1.56 bits per heavy atom. The molecule has 2 rings (SSSR count). The highest BCUT2D eigenvalue weighted by molar-refractivity contribution is 7.09. The lowest BCUT2D eigenvalue weighted by atomic mass is 10.3. The summed E-state index contributed by atoms with van der Waals surface area (Å²) in [6.07, 6.45) is 2.21. The predicted molar refractivity (Wildman–Crippen MR) is 65.6 cm³/mol. The van der Waals surface area contributed by atoms with Crippen molar-refractivity contribution in [2.45, 2.75) is 25.5 Å². The van der Waals surface area contributed by atoms with Crippen LogP contribution in [-0.4, -0.2) is 31.0 Å². The van der Waals surface area contributed by atoms with E-state index >= 15 is 0 Å². The number of hydrogen-bond donors (Lipinski definition) is 2. The van der Waals surface area contributed by atoms with E-state index in [9.17, 15) is 5.11 Å². The zero-order valence-corrected chi connectivity index (χ0v) is 10.2. The van der Waals surface area contributed by atoms with Gasteiger partial charge in [-0.3, -0.25) is 0 Å². The van der Waals surface area contributed by atoms with E-state index in [4.69, 9.17) is 4.74 Å². The van der Waals surface area contributed by atoms with Crippen molar-refractivity contribution in [3.63, 3.8) is 0 Å². The minimum atomic E-state index is -0.390. The Labute approximate surface area is 100 Å². The first kappa shape index (κ1) is 12.0. The summed E-state index contributed by atoms with van der Waals surface area (Å²) in [5.74, 6) is 0.770. The van der Waals surface area contributed by atoms with Crippen LogP contribution in [0.2, 0.25) is 0 Å². The summed E-state index contributed by atoms with van der Waals surface area (Å²) in [7, 11) is 0. The summed E-state index contributed by atoms with van der Waals surface area (Å²) in [6.45, 7) is 2.70. The monoisotopic (exact) mass is 241 g/mol. The van der Waals surface area contributed by atoms with E-state index in [0.29, 0.717) is 13.2 Å². The number of aliphatic hydroxyl groups is 1. The third kappa shape index (κ3) is 4.61. The minimum absolute atomic E-state index is 0.390. The fourth-order valence-corrected chi connectivity index (χ4v) is 2.16. The van der Waals surface area contributed by atoms with Crippen LogP contribution >= 0.6 is 11.3 Å². The molecule has 3 nitrogen and oxygen atoms in total. The summed E-state index contributed by atoms with van der Waals surface area (Å²) in [4.78, 5) is 1.30. The molecule has 1 heterocycles. The van der Waals surface area contributed by atoms with Crippen molar-refractivity contribution in [3.05, 3.63) is 22.4 Å². The molecule has 1 aliphatic rings.